The SMILES string of the molecule is COC(=O)c1[nH]cc(Cc2ccccc2Cl)c1NC(=S)NC(=O)c1ccccc1. The maximum absolute atomic E-state index is 12.3. The predicted octanol–water partition coefficient (Wildman–Crippen LogP) is 4.17. The van der Waals surface area contributed by atoms with Gasteiger partial charge in [-0.25, -0.2) is 4.79 Å². The zero-order valence-electron chi connectivity index (χ0n) is 15.5. The van der Waals surface area contributed by atoms with Gasteiger partial charge in [0.2, 0.25) is 0 Å². The maximum Gasteiger partial charge on any atom is 0.356 e. The fourth-order valence-electron chi connectivity index (χ4n) is 2.77. The van der Waals surface area contributed by atoms with E-state index < -0.39 is 5.97 Å². The summed E-state index contributed by atoms with van der Waals surface area (Å²) in [6.07, 6.45) is 2.13. The minimum absolute atomic E-state index is 0.0593. The summed E-state index contributed by atoms with van der Waals surface area (Å²) in [5.74, 6) is -0.916. The number of aromatic nitrogens is 1. The lowest BCUT2D eigenvalue weighted by molar-refractivity contribution is 0.0596. The number of hydrogen-bond acceptors (Lipinski definition) is 4. The van der Waals surface area contributed by atoms with Gasteiger partial charge in [-0.1, -0.05) is 48.0 Å². The molecule has 0 spiro atoms. The summed E-state index contributed by atoms with van der Waals surface area (Å²) in [5.41, 5.74) is 2.72. The summed E-state index contributed by atoms with van der Waals surface area (Å²) in [4.78, 5) is 27.4. The molecule has 0 aliphatic carbocycles. The van der Waals surface area contributed by atoms with Crippen molar-refractivity contribution in [2.75, 3.05) is 12.4 Å². The van der Waals surface area contributed by atoms with Crippen LogP contribution in [-0.2, 0) is 11.2 Å². The van der Waals surface area contributed by atoms with Gasteiger partial charge in [-0.15, -0.1) is 0 Å². The van der Waals surface area contributed by atoms with Crippen LogP contribution in [0.4, 0.5) is 5.69 Å². The Morgan fingerprint density at radius 3 is 2.45 bits per heavy atom. The van der Waals surface area contributed by atoms with Gasteiger partial charge >= 0.3 is 5.97 Å². The highest BCUT2D eigenvalue weighted by Crippen LogP contribution is 2.27. The second-order valence-electron chi connectivity index (χ2n) is 6.10. The maximum atomic E-state index is 12.3. The molecule has 0 aliphatic rings. The van der Waals surface area contributed by atoms with E-state index in [1.807, 2.05) is 24.3 Å². The van der Waals surface area contributed by atoms with E-state index >= 15 is 0 Å². The van der Waals surface area contributed by atoms with E-state index in [0.717, 1.165) is 11.1 Å². The monoisotopic (exact) mass is 427 g/mol. The largest absolute Gasteiger partial charge is 0.464 e. The zero-order chi connectivity index (χ0) is 20.8. The van der Waals surface area contributed by atoms with E-state index in [0.29, 0.717) is 22.7 Å². The Morgan fingerprint density at radius 1 is 1.07 bits per heavy atom. The van der Waals surface area contributed by atoms with Gasteiger partial charge in [-0.05, 0) is 41.5 Å². The summed E-state index contributed by atoms with van der Waals surface area (Å²) in [5, 5.41) is 6.22. The molecule has 0 radical (unpaired) electrons. The molecule has 29 heavy (non-hydrogen) atoms. The number of thiocarbonyl (C=S) groups is 1. The molecule has 0 bridgehead atoms. The van der Waals surface area contributed by atoms with Crippen molar-refractivity contribution in [3.8, 4) is 0 Å². The van der Waals surface area contributed by atoms with Crippen LogP contribution in [0.2, 0.25) is 5.02 Å². The molecule has 0 fully saturated rings. The molecule has 0 unspecified atom stereocenters. The number of carbonyl (C=O) groups is 2. The summed E-state index contributed by atoms with van der Waals surface area (Å²) < 4.78 is 4.83. The van der Waals surface area contributed by atoms with Crippen molar-refractivity contribution >= 4 is 46.5 Å². The molecule has 1 heterocycles. The fraction of sp³-hybridized carbons (Fsp3) is 0.0952. The molecule has 3 rings (SSSR count). The van der Waals surface area contributed by atoms with Crippen molar-refractivity contribution in [2.24, 2.45) is 0 Å². The first-order valence-electron chi connectivity index (χ1n) is 8.69. The number of hydrogen-bond donors (Lipinski definition) is 3. The van der Waals surface area contributed by atoms with Gasteiger partial charge in [0.25, 0.3) is 5.91 Å². The van der Waals surface area contributed by atoms with Crippen molar-refractivity contribution in [1.29, 1.82) is 0 Å². The third kappa shape index (κ3) is 5.01. The average molecular weight is 428 g/mol. The molecule has 1 aromatic heterocycles. The Hall–Kier alpha value is -3.16. The summed E-state index contributed by atoms with van der Waals surface area (Å²) in [6, 6.07) is 16.1. The number of nitrogens with one attached hydrogen (secondary N) is 3. The minimum Gasteiger partial charge on any atom is -0.464 e. The molecule has 0 atom stereocenters. The number of esters is 1. The van der Waals surface area contributed by atoms with Gasteiger partial charge in [0.05, 0.1) is 12.8 Å². The van der Waals surface area contributed by atoms with E-state index in [2.05, 4.69) is 15.6 Å². The number of H-pyrrole nitrogens is 1. The molecule has 3 N–H and O–H groups in total. The number of carbonyl (C=O) groups excluding carboxylic acids is 2. The van der Waals surface area contributed by atoms with Crippen LogP contribution >= 0.6 is 23.8 Å². The highest BCUT2D eigenvalue weighted by molar-refractivity contribution is 7.80. The molecule has 148 valence electrons. The van der Waals surface area contributed by atoms with Crippen LogP contribution in [0.25, 0.3) is 0 Å². The molecule has 6 nitrogen and oxygen atoms in total. The Labute approximate surface area is 178 Å². The lowest BCUT2D eigenvalue weighted by Crippen LogP contribution is -2.34. The van der Waals surface area contributed by atoms with E-state index in [-0.39, 0.29) is 16.7 Å². The van der Waals surface area contributed by atoms with Crippen molar-refractivity contribution in [2.45, 2.75) is 6.42 Å². The third-order valence-corrected chi connectivity index (χ3v) is 4.76. The molecule has 0 aliphatic heterocycles. The minimum atomic E-state index is -0.560. The molecule has 2 aromatic carbocycles. The molecular weight excluding hydrogens is 410 g/mol. The van der Waals surface area contributed by atoms with Crippen LogP contribution < -0.4 is 10.6 Å². The van der Waals surface area contributed by atoms with Crippen molar-refractivity contribution in [3.63, 3.8) is 0 Å². The highest BCUT2D eigenvalue weighted by Gasteiger charge is 2.20. The number of benzene rings is 2. The second kappa shape index (κ2) is 9.36. The van der Waals surface area contributed by atoms with Crippen LogP contribution in [0.3, 0.4) is 0 Å². The Kier molecular flexibility index (Phi) is 6.64. The van der Waals surface area contributed by atoms with Gasteiger partial charge in [0, 0.05) is 23.2 Å². The summed E-state index contributed by atoms with van der Waals surface area (Å²) in [7, 11) is 1.29. The topological polar surface area (TPSA) is 83.2 Å². The number of ether oxygens (including phenoxy) is 1. The number of methoxy groups -OCH3 is 1. The summed E-state index contributed by atoms with van der Waals surface area (Å²) in [6.45, 7) is 0. The van der Waals surface area contributed by atoms with Crippen LogP contribution in [-0.4, -0.2) is 29.1 Å². The first-order chi connectivity index (χ1) is 14.0. The summed E-state index contributed by atoms with van der Waals surface area (Å²) >= 11 is 11.5. The highest BCUT2D eigenvalue weighted by atomic mass is 35.5. The van der Waals surface area contributed by atoms with Crippen LogP contribution in [0.1, 0.15) is 32.0 Å². The van der Waals surface area contributed by atoms with E-state index in [4.69, 9.17) is 28.6 Å². The third-order valence-electron chi connectivity index (χ3n) is 4.19. The molecule has 8 heteroatoms. The zero-order valence-corrected chi connectivity index (χ0v) is 17.1. The van der Waals surface area contributed by atoms with Gasteiger partial charge in [-0.3, -0.25) is 10.1 Å². The number of rotatable bonds is 5. The standard InChI is InChI=1S/C21H18ClN3O3S/c1-28-20(27)18-17(15(12-23-18)11-14-9-5-6-10-16(14)22)24-21(29)25-19(26)13-7-3-2-4-8-13/h2-10,12,23H,11H2,1H3,(H2,24,25,26,29). The lowest BCUT2D eigenvalue weighted by atomic mass is 10.1. The number of amides is 1. The molecule has 0 saturated heterocycles. The average Bonchev–Trinajstić information content (AvgIpc) is 3.11. The molecule has 1 amide bonds. The Balaban J connectivity index is 1.83. The fourth-order valence-corrected chi connectivity index (χ4v) is 3.16. The normalized spacial score (nSPS) is 10.3. The number of aromatic amines is 1. The molecule has 0 saturated carbocycles. The van der Waals surface area contributed by atoms with E-state index in [1.54, 1.807) is 36.5 Å². The first-order valence-corrected chi connectivity index (χ1v) is 9.47. The van der Waals surface area contributed by atoms with Crippen LogP contribution in [0.15, 0.2) is 60.8 Å². The van der Waals surface area contributed by atoms with E-state index in [1.165, 1.54) is 7.11 Å². The van der Waals surface area contributed by atoms with Gasteiger partial charge in [0.1, 0.15) is 5.69 Å². The Bertz CT molecular complexity index is 1050. The number of anilines is 1. The van der Waals surface area contributed by atoms with E-state index in [9.17, 15) is 9.59 Å². The quantitative estimate of drug-likeness (QED) is 0.420. The van der Waals surface area contributed by atoms with Gasteiger partial charge in [0.15, 0.2) is 5.11 Å². The predicted molar refractivity (Wildman–Crippen MR) is 117 cm³/mol. The molecular formula is C21H18ClN3O3S. The lowest BCUT2D eigenvalue weighted by Gasteiger charge is -2.12. The molecule has 3 aromatic rings. The smallest absolute Gasteiger partial charge is 0.356 e. The van der Waals surface area contributed by atoms with Gasteiger partial charge < -0.3 is 15.0 Å². The number of halogens is 1. The second-order valence-corrected chi connectivity index (χ2v) is 6.91. The van der Waals surface area contributed by atoms with Crippen molar-refractivity contribution in [3.05, 3.63) is 88.2 Å². The van der Waals surface area contributed by atoms with Crippen molar-refractivity contribution < 1.29 is 14.3 Å². The van der Waals surface area contributed by atoms with Crippen LogP contribution in [0.5, 0.6) is 0 Å². The first kappa shape index (κ1) is 20.6. The Morgan fingerprint density at radius 2 is 1.76 bits per heavy atom. The van der Waals surface area contributed by atoms with Crippen LogP contribution in [0, 0.1) is 0 Å². The van der Waals surface area contributed by atoms with Gasteiger partial charge in [-0.2, -0.15) is 0 Å². The van der Waals surface area contributed by atoms with Crippen molar-refractivity contribution in [1.82, 2.24) is 10.3 Å².